The SMILES string of the molecule is NC(=O)[C@@H](C1CC(F)(F)C1)[C@@H](CCC(F)(F)F)C(=O)N[C@H]1N=C(c2ccccc2)c2ccccc2NC1=O. The lowest BCUT2D eigenvalue weighted by Crippen LogP contribution is -2.52. The predicted molar refractivity (Wildman–Crippen MR) is 128 cm³/mol. The van der Waals surface area contributed by atoms with Crippen molar-refractivity contribution < 1.29 is 36.3 Å². The first-order valence-corrected chi connectivity index (χ1v) is 11.9. The van der Waals surface area contributed by atoms with Gasteiger partial charge in [-0.05, 0) is 18.4 Å². The molecule has 3 amide bonds. The number of carbonyl (C=O) groups excluding carboxylic acids is 3. The van der Waals surface area contributed by atoms with Crippen LogP contribution in [0.5, 0.6) is 0 Å². The number of carbonyl (C=O) groups is 3. The summed E-state index contributed by atoms with van der Waals surface area (Å²) in [5.41, 5.74) is 7.29. The Morgan fingerprint density at radius 1 is 1.08 bits per heavy atom. The van der Waals surface area contributed by atoms with E-state index in [1.807, 2.05) is 0 Å². The van der Waals surface area contributed by atoms with E-state index in [-0.39, 0.29) is 0 Å². The number of benzodiazepines with no additional fused rings is 1. The minimum absolute atomic E-state index is 0.335. The maximum Gasteiger partial charge on any atom is 0.389 e. The average Bonchev–Trinajstić information content (AvgIpc) is 2.96. The number of aliphatic imine (C=N–C) groups is 1. The number of amides is 3. The third kappa shape index (κ3) is 6.17. The van der Waals surface area contributed by atoms with Gasteiger partial charge in [0.2, 0.25) is 23.9 Å². The number of hydrogen-bond donors (Lipinski definition) is 3. The largest absolute Gasteiger partial charge is 0.389 e. The molecule has 1 heterocycles. The zero-order chi connectivity index (χ0) is 27.7. The Balaban J connectivity index is 1.67. The van der Waals surface area contributed by atoms with Crippen LogP contribution in [0.25, 0.3) is 0 Å². The van der Waals surface area contributed by atoms with Crippen LogP contribution in [0.4, 0.5) is 27.6 Å². The lowest BCUT2D eigenvalue weighted by molar-refractivity contribution is -0.161. The summed E-state index contributed by atoms with van der Waals surface area (Å²) in [6.07, 6.45) is -10.1. The molecule has 2 aromatic carbocycles. The summed E-state index contributed by atoms with van der Waals surface area (Å²) in [5.74, 6) is -10.4. The molecule has 0 radical (unpaired) electrons. The molecule has 0 aromatic heterocycles. The number of anilines is 1. The highest BCUT2D eigenvalue weighted by Gasteiger charge is 2.53. The van der Waals surface area contributed by atoms with Crippen LogP contribution in [0.1, 0.15) is 36.8 Å². The first kappa shape index (κ1) is 27.2. The van der Waals surface area contributed by atoms with Crippen molar-refractivity contribution in [2.75, 3.05) is 5.32 Å². The maximum atomic E-state index is 13.6. The Bertz CT molecular complexity index is 1240. The Labute approximate surface area is 214 Å². The molecule has 1 aliphatic carbocycles. The molecule has 1 fully saturated rings. The van der Waals surface area contributed by atoms with Gasteiger partial charge in [-0.15, -0.1) is 0 Å². The van der Waals surface area contributed by atoms with Crippen LogP contribution in [-0.4, -0.2) is 41.7 Å². The summed E-state index contributed by atoms with van der Waals surface area (Å²) >= 11 is 0. The van der Waals surface area contributed by atoms with Crippen molar-refractivity contribution in [3.8, 4) is 0 Å². The van der Waals surface area contributed by atoms with Gasteiger partial charge in [0, 0.05) is 30.4 Å². The summed E-state index contributed by atoms with van der Waals surface area (Å²) in [6, 6.07) is 15.5. The van der Waals surface area contributed by atoms with E-state index in [1.54, 1.807) is 54.6 Å². The number of alkyl halides is 5. The van der Waals surface area contributed by atoms with Gasteiger partial charge in [0.15, 0.2) is 0 Å². The number of rotatable bonds is 8. The van der Waals surface area contributed by atoms with E-state index < -0.39 is 79.4 Å². The minimum atomic E-state index is -4.68. The molecule has 4 rings (SSSR count). The van der Waals surface area contributed by atoms with Crippen molar-refractivity contribution in [1.82, 2.24) is 5.32 Å². The summed E-state index contributed by atoms with van der Waals surface area (Å²) < 4.78 is 66.3. The van der Waals surface area contributed by atoms with Gasteiger partial charge >= 0.3 is 6.18 Å². The molecule has 3 atom stereocenters. The molecule has 38 heavy (non-hydrogen) atoms. The Morgan fingerprint density at radius 3 is 2.32 bits per heavy atom. The fourth-order valence-electron chi connectivity index (χ4n) is 4.94. The first-order chi connectivity index (χ1) is 17.8. The molecule has 1 saturated carbocycles. The van der Waals surface area contributed by atoms with E-state index in [0.717, 1.165) is 0 Å². The number of benzene rings is 2. The Hall–Kier alpha value is -3.83. The quantitative estimate of drug-likeness (QED) is 0.443. The van der Waals surface area contributed by atoms with Gasteiger partial charge in [0.1, 0.15) is 0 Å². The van der Waals surface area contributed by atoms with Gasteiger partial charge in [-0.2, -0.15) is 13.2 Å². The van der Waals surface area contributed by atoms with Gasteiger partial charge in [-0.3, -0.25) is 14.4 Å². The van der Waals surface area contributed by atoms with Gasteiger partial charge < -0.3 is 16.4 Å². The second-order valence-corrected chi connectivity index (χ2v) is 9.50. The molecular formula is C26H25F5N4O3. The van der Waals surface area contributed by atoms with Gasteiger partial charge in [-0.1, -0.05) is 48.5 Å². The van der Waals surface area contributed by atoms with Crippen molar-refractivity contribution in [3.63, 3.8) is 0 Å². The van der Waals surface area contributed by atoms with Gasteiger partial charge in [-0.25, -0.2) is 13.8 Å². The molecule has 4 N–H and O–H groups in total. The van der Waals surface area contributed by atoms with Crippen molar-refractivity contribution in [1.29, 1.82) is 0 Å². The molecule has 202 valence electrons. The lowest BCUT2D eigenvalue weighted by Gasteiger charge is -2.41. The molecule has 2 aliphatic rings. The fourth-order valence-corrected chi connectivity index (χ4v) is 4.94. The molecule has 0 saturated heterocycles. The maximum absolute atomic E-state index is 13.6. The van der Waals surface area contributed by atoms with Crippen LogP contribution in [0.3, 0.4) is 0 Å². The van der Waals surface area contributed by atoms with E-state index in [9.17, 15) is 36.3 Å². The average molecular weight is 537 g/mol. The molecule has 7 nitrogen and oxygen atoms in total. The highest BCUT2D eigenvalue weighted by atomic mass is 19.4. The van der Waals surface area contributed by atoms with E-state index >= 15 is 0 Å². The van der Waals surface area contributed by atoms with Crippen LogP contribution >= 0.6 is 0 Å². The smallest absolute Gasteiger partial charge is 0.369 e. The first-order valence-electron chi connectivity index (χ1n) is 11.9. The fraction of sp³-hybridized carbons (Fsp3) is 0.385. The third-order valence-corrected chi connectivity index (χ3v) is 6.74. The molecule has 0 bridgehead atoms. The minimum Gasteiger partial charge on any atom is -0.369 e. The van der Waals surface area contributed by atoms with Crippen molar-refractivity contribution in [3.05, 3.63) is 65.7 Å². The molecule has 12 heteroatoms. The molecule has 1 aliphatic heterocycles. The highest BCUT2D eigenvalue weighted by molar-refractivity contribution is 6.19. The molecule has 2 aromatic rings. The molecule has 0 spiro atoms. The Morgan fingerprint density at radius 2 is 1.71 bits per heavy atom. The second kappa shape index (κ2) is 10.5. The van der Waals surface area contributed by atoms with E-state index in [2.05, 4.69) is 15.6 Å². The van der Waals surface area contributed by atoms with E-state index in [0.29, 0.717) is 22.5 Å². The van der Waals surface area contributed by atoms with E-state index in [4.69, 9.17) is 5.73 Å². The predicted octanol–water partition coefficient (Wildman–Crippen LogP) is 4.02. The van der Waals surface area contributed by atoms with Gasteiger partial charge in [0.05, 0.1) is 23.2 Å². The normalized spacial score (nSPS) is 20.6. The topological polar surface area (TPSA) is 114 Å². The van der Waals surface area contributed by atoms with Crippen LogP contribution in [0, 0.1) is 17.8 Å². The van der Waals surface area contributed by atoms with Crippen LogP contribution in [-0.2, 0) is 14.4 Å². The highest BCUT2D eigenvalue weighted by Crippen LogP contribution is 2.49. The summed E-state index contributed by atoms with van der Waals surface area (Å²) in [5, 5.41) is 4.98. The lowest BCUT2D eigenvalue weighted by atomic mass is 9.67. The van der Waals surface area contributed by atoms with Crippen molar-refractivity contribution in [2.24, 2.45) is 28.5 Å². The zero-order valence-corrected chi connectivity index (χ0v) is 20.0. The van der Waals surface area contributed by atoms with Gasteiger partial charge in [0.25, 0.3) is 5.91 Å². The number of halogens is 5. The van der Waals surface area contributed by atoms with Crippen molar-refractivity contribution >= 4 is 29.1 Å². The number of nitrogens with zero attached hydrogens (tertiary/aromatic N) is 1. The number of nitrogens with one attached hydrogen (secondary N) is 2. The molecular weight excluding hydrogens is 511 g/mol. The number of para-hydroxylation sites is 1. The number of primary amides is 1. The number of nitrogens with two attached hydrogens (primary N) is 1. The van der Waals surface area contributed by atoms with Crippen molar-refractivity contribution in [2.45, 2.75) is 43.9 Å². The summed E-state index contributed by atoms with van der Waals surface area (Å²) in [4.78, 5) is 43.0. The summed E-state index contributed by atoms with van der Waals surface area (Å²) in [7, 11) is 0. The second-order valence-electron chi connectivity index (χ2n) is 9.50. The number of fused-ring (bicyclic) bond motifs is 1. The van der Waals surface area contributed by atoms with E-state index in [1.165, 1.54) is 0 Å². The third-order valence-electron chi connectivity index (χ3n) is 6.74. The molecule has 0 unspecified atom stereocenters. The zero-order valence-electron chi connectivity index (χ0n) is 20.0. The Kier molecular flexibility index (Phi) is 7.52. The number of hydrogen-bond acceptors (Lipinski definition) is 4. The van der Waals surface area contributed by atoms with Crippen LogP contribution < -0.4 is 16.4 Å². The summed E-state index contributed by atoms with van der Waals surface area (Å²) in [6.45, 7) is 0. The monoisotopic (exact) mass is 536 g/mol. The standard InChI is InChI=1S/C26H25F5N4O3/c27-25(28)12-15(13-25)19(21(32)36)17(10-11-26(29,30)31)23(37)35-22-24(38)33-18-9-5-4-8-16(18)20(34-22)14-6-2-1-3-7-14/h1-9,15,17,19,22H,10-13H2,(H2,32,36)(H,33,38)(H,35,37)/t17-,19+,22-/m1/s1. The van der Waals surface area contributed by atoms with Crippen LogP contribution in [0.2, 0.25) is 0 Å². The van der Waals surface area contributed by atoms with Crippen LogP contribution in [0.15, 0.2) is 59.6 Å².